The summed E-state index contributed by atoms with van der Waals surface area (Å²) in [6.45, 7) is 18.5. The average Bonchev–Trinajstić information content (AvgIpc) is 2.99. The molecule has 2 heterocycles. The summed E-state index contributed by atoms with van der Waals surface area (Å²) in [7, 11) is -1.33. The number of aryl methyl sites for hydroxylation is 1. The second-order valence-corrected chi connectivity index (χ2v) is 19.1. The van der Waals surface area contributed by atoms with Crippen molar-refractivity contribution >= 4 is 21.3 Å². The van der Waals surface area contributed by atoms with Crippen molar-refractivity contribution in [3.63, 3.8) is 0 Å². The smallest absolute Gasteiger partial charge is 0.376 e. The standard InChI is InChI=1S/C36H51BN2O5Si/c1-25(2)19-30-21-26(13-16-32(30)35(40)42-7)27-14-17-33-28(20-27)12-15-31(43-33)23-39(37(6)41)24-34(29-11-10-18-38-22-29)44-45(8,9)36(3,4)5/h10-11,13-14,16-18,20-22,25,31,34,41H,12,15,19,23-24H2,1-9H3/t31-,34+/m1/s1. The third-order valence-corrected chi connectivity index (χ3v) is 13.7. The number of benzene rings is 2. The molecule has 0 bridgehead atoms. The number of aromatic nitrogens is 1. The monoisotopic (exact) mass is 630 g/mol. The summed E-state index contributed by atoms with van der Waals surface area (Å²) >= 11 is 0. The third-order valence-electron chi connectivity index (χ3n) is 9.23. The van der Waals surface area contributed by atoms with E-state index in [1.807, 2.05) is 31.2 Å². The van der Waals surface area contributed by atoms with Gasteiger partial charge in [0.2, 0.25) is 0 Å². The molecule has 1 aliphatic heterocycles. The first-order valence-corrected chi connectivity index (χ1v) is 19.1. The number of esters is 1. The van der Waals surface area contributed by atoms with Gasteiger partial charge in [-0.15, -0.1) is 0 Å². The van der Waals surface area contributed by atoms with Gasteiger partial charge in [0.1, 0.15) is 11.9 Å². The quantitative estimate of drug-likeness (QED) is 0.163. The van der Waals surface area contributed by atoms with Gasteiger partial charge in [0, 0.05) is 25.5 Å². The molecule has 4 rings (SSSR count). The first-order valence-electron chi connectivity index (χ1n) is 16.2. The molecule has 2 atom stereocenters. The van der Waals surface area contributed by atoms with Crippen molar-refractivity contribution in [1.29, 1.82) is 0 Å². The number of pyridine rings is 1. The Morgan fingerprint density at radius 3 is 2.49 bits per heavy atom. The minimum Gasteiger partial charge on any atom is -0.489 e. The topological polar surface area (TPSA) is 81.1 Å². The zero-order valence-corrected chi connectivity index (χ0v) is 29.6. The number of fused-ring (bicyclic) bond motifs is 1. The summed E-state index contributed by atoms with van der Waals surface area (Å²) in [5.74, 6) is 0.999. The molecule has 0 spiro atoms. The van der Waals surface area contributed by atoms with Crippen LogP contribution < -0.4 is 4.74 Å². The summed E-state index contributed by atoms with van der Waals surface area (Å²) in [4.78, 5) is 18.8. The molecule has 0 radical (unpaired) electrons. The van der Waals surface area contributed by atoms with E-state index in [0.29, 0.717) is 24.6 Å². The molecule has 0 saturated heterocycles. The van der Waals surface area contributed by atoms with Gasteiger partial charge in [0.25, 0.3) is 0 Å². The van der Waals surface area contributed by atoms with E-state index in [1.54, 1.807) is 6.20 Å². The fourth-order valence-corrected chi connectivity index (χ4v) is 6.88. The van der Waals surface area contributed by atoms with E-state index in [2.05, 4.69) is 87.8 Å². The Balaban J connectivity index is 1.51. The molecular weight excluding hydrogens is 579 g/mol. The van der Waals surface area contributed by atoms with E-state index in [-0.39, 0.29) is 23.2 Å². The highest BCUT2D eigenvalue weighted by atomic mass is 28.4. The summed E-state index contributed by atoms with van der Waals surface area (Å²) in [5, 5.41) is 10.9. The van der Waals surface area contributed by atoms with Gasteiger partial charge < -0.3 is 23.7 Å². The molecule has 1 N–H and O–H groups in total. The lowest BCUT2D eigenvalue weighted by Crippen LogP contribution is -2.49. The van der Waals surface area contributed by atoms with Crippen LogP contribution in [0, 0.1) is 5.92 Å². The van der Waals surface area contributed by atoms with Crippen molar-refractivity contribution in [2.24, 2.45) is 5.92 Å². The second-order valence-electron chi connectivity index (χ2n) is 14.3. The van der Waals surface area contributed by atoms with Crippen molar-refractivity contribution in [1.82, 2.24) is 9.79 Å². The van der Waals surface area contributed by atoms with Crippen LogP contribution in [0.15, 0.2) is 60.9 Å². The molecule has 3 aromatic rings. The van der Waals surface area contributed by atoms with Crippen LogP contribution in [-0.2, 0) is 22.0 Å². The van der Waals surface area contributed by atoms with Gasteiger partial charge in [0.05, 0.1) is 18.8 Å². The first-order chi connectivity index (χ1) is 21.2. The number of rotatable bonds is 12. The molecule has 7 nitrogen and oxygen atoms in total. The van der Waals surface area contributed by atoms with Crippen LogP contribution in [0.3, 0.4) is 0 Å². The molecule has 1 aliphatic rings. The third kappa shape index (κ3) is 8.85. The number of carbonyl (C=O) groups excluding carboxylic acids is 1. The van der Waals surface area contributed by atoms with E-state index in [1.165, 1.54) is 12.7 Å². The maximum Gasteiger partial charge on any atom is 0.376 e. The van der Waals surface area contributed by atoms with Gasteiger partial charge >= 0.3 is 13.0 Å². The van der Waals surface area contributed by atoms with Crippen molar-refractivity contribution < 1.29 is 23.7 Å². The Hall–Kier alpha value is -2.98. The Morgan fingerprint density at radius 1 is 1.16 bits per heavy atom. The predicted octanol–water partition coefficient (Wildman–Crippen LogP) is 7.60. The van der Waals surface area contributed by atoms with Crippen molar-refractivity contribution in [2.45, 2.75) is 91.0 Å². The SMILES string of the molecule is COC(=O)c1ccc(-c2ccc3c(c2)CC[C@H](CN(C[C@H](O[Si](C)(C)C(C)(C)C)c2cccnc2)B(C)O)O3)cc1CC(C)C. The zero-order valence-electron chi connectivity index (χ0n) is 28.6. The van der Waals surface area contributed by atoms with Crippen LogP contribution in [0.4, 0.5) is 0 Å². The number of nitrogens with zero attached hydrogens (tertiary/aromatic N) is 2. The molecule has 0 amide bonds. The van der Waals surface area contributed by atoms with E-state index >= 15 is 0 Å². The molecular formula is C36H51BN2O5Si. The van der Waals surface area contributed by atoms with Gasteiger partial charge in [0.15, 0.2) is 8.32 Å². The normalized spacial score (nSPS) is 15.9. The number of hydrogen-bond donors (Lipinski definition) is 1. The molecule has 0 saturated carbocycles. The largest absolute Gasteiger partial charge is 0.489 e. The molecule has 242 valence electrons. The van der Waals surface area contributed by atoms with Crippen LogP contribution in [0.2, 0.25) is 25.0 Å². The number of methoxy groups -OCH3 is 1. The van der Waals surface area contributed by atoms with E-state index in [4.69, 9.17) is 13.9 Å². The molecule has 0 aliphatic carbocycles. The fraction of sp³-hybridized carbons (Fsp3) is 0.500. The highest BCUT2D eigenvalue weighted by Crippen LogP contribution is 2.40. The Labute approximate surface area is 271 Å². The lowest BCUT2D eigenvalue weighted by molar-refractivity contribution is 0.0599. The van der Waals surface area contributed by atoms with Crippen LogP contribution in [0.5, 0.6) is 5.75 Å². The van der Waals surface area contributed by atoms with Crippen LogP contribution in [0.1, 0.15) is 74.2 Å². The Bertz CT molecular complexity index is 1440. The lowest BCUT2D eigenvalue weighted by atomic mass is 9.83. The fourth-order valence-electron chi connectivity index (χ4n) is 5.61. The van der Waals surface area contributed by atoms with E-state index in [9.17, 15) is 9.82 Å². The molecule has 0 unspecified atom stereocenters. The van der Waals surface area contributed by atoms with Gasteiger partial charge in [-0.25, -0.2) is 4.79 Å². The van der Waals surface area contributed by atoms with Crippen molar-refractivity contribution in [3.8, 4) is 16.9 Å². The maximum atomic E-state index is 12.4. The summed E-state index contributed by atoms with van der Waals surface area (Å²) in [5.41, 5.74) is 6.00. The van der Waals surface area contributed by atoms with E-state index in [0.717, 1.165) is 47.3 Å². The number of hydrogen-bond acceptors (Lipinski definition) is 7. The first kappa shape index (κ1) is 34.9. The molecule has 45 heavy (non-hydrogen) atoms. The van der Waals surface area contributed by atoms with Crippen LogP contribution in [-0.4, -0.2) is 62.5 Å². The number of carbonyl (C=O) groups is 1. The molecule has 0 fully saturated rings. The highest BCUT2D eigenvalue weighted by Gasteiger charge is 2.40. The minimum absolute atomic E-state index is 0.0531. The van der Waals surface area contributed by atoms with Crippen LogP contribution >= 0.6 is 0 Å². The zero-order chi connectivity index (χ0) is 32.9. The van der Waals surface area contributed by atoms with Crippen molar-refractivity contribution in [3.05, 3.63) is 83.2 Å². The summed E-state index contributed by atoms with van der Waals surface area (Å²) in [6.07, 6.45) is 5.91. The van der Waals surface area contributed by atoms with Gasteiger partial charge in [-0.05, 0) is 102 Å². The summed E-state index contributed by atoms with van der Waals surface area (Å²) in [6, 6.07) is 16.3. The minimum atomic E-state index is -2.10. The second kappa shape index (κ2) is 14.6. The van der Waals surface area contributed by atoms with Crippen molar-refractivity contribution in [2.75, 3.05) is 20.2 Å². The average molecular weight is 631 g/mol. The highest BCUT2D eigenvalue weighted by molar-refractivity contribution is 6.74. The van der Waals surface area contributed by atoms with Gasteiger partial charge in [-0.1, -0.05) is 58.9 Å². The predicted molar refractivity (Wildman–Crippen MR) is 185 cm³/mol. The molecule has 1 aromatic heterocycles. The van der Waals surface area contributed by atoms with E-state index < -0.39 is 15.4 Å². The van der Waals surface area contributed by atoms with Gasteiger partial charge in [-0.2, -0.15) is 0 Å². The summed E-state index contributed by atoms with van der Waals surface area (Å²) < 4.78 is 18.5. The van der Waals surface area contributed by atoms with Crippen LogP contribution in [0.25, 0.3) is 11.1 Å². The number of ether oxygens (including phenoxy) is 2. The Kier molecular flexibility index (Phi) is 11.3. The molecule has 9 heteroatoms. The lowest BCUT2D eigenvalue weighted by Gasteiger charge is -2.41. The van der Waals surface area contributed by atoms with Gasteiger partial charge in [-0.3, -0.25) is 4.98 Å². The molecule has 2 aromatic carbocycles. The maximum absolute atomic E-state index is 12.4. The Morgan fingerprint density at radius 2 is 1.87 bits per heavy atom.